The van der Waals surface area contributed by atoms with Gasteiger partial charge in [-0.2, -0.15) is 0 Å². The molecule has 2 bridgehead atoms. The van der Waals surface area contributed by atoms with Gasteiger partial charge < -0.3 is 0 Å². The third kappa shape index (κ3) is 3.10. The second-order valence-electron chi connectivity index (χ2n) is 9.29. The van der Waals surface area contributed by atoms with Gasteiger partial charge in [-0.15, -0.1) is 0 Å². The molecule has 0 radical (unpaired) electrons. The zero-order chi connectivity index (χ0) is 24.3. The number of carbonyl (C=O) groups is 2. The van der Waals surface area contributed by atoms with Gasteiger partial charge in [0.05, 0.1) is 22.4 Å². The Morgan fingerprint density at radius 1 is 0.800 bits per heavy atom. The molecule has 0 unspecified atom stereocenters. The predicted octanol–water partition coefficient (Wildman–Crippen LogP) is 5.33. The number of nitro groups is 1. The minimum Gasteiger partial charge on any atom is -0.274 e. The molecule has 4 atom stereocenters. The van der Waals surface area contributed by atoms with Crippen LogP contribution in [0.4, 0.5) is 11.4 Å². The lowest BCUT2D eigenvalue weighted by Crippen LogP contribution is -2.33. The number of benzene rings is 3. The molecule has 35 heavy (non-hydrogen) atoms. The summed E-state index contributed by atoms with van der Waals surface area (Å²) in [4.78, 5) is 39.5. The fourth-order valence-corrected chi connectivity index (χ4v) is 5.99. The van der Waals surface area contributed by atoms with E-state index in [0.717, 1.165) is 27.2 Å². The minimum atomic E-state index is -0.504. The van der Waals surface area contributed by atoms with Crippen molar-refractivity contribution in [2.75, 3.05) is 4.90 Å². The lowest BCUT2D eigenvalue weighted by atomic mass is 9.85. The van der Waals surface area contributed by atoms with E-state index in [1.807, 2.05) is 36.4 Å². The average Bonchev–Trinajstić information content (AvgIpc) is 3.50. The molecular weight excluding hydrogens is 440 g/mol. The van der Waals surface area contributed by atoms with Gasteiger partial charge in [0.15, 0.2) is 0 Å². The third-order valence-electron chi connectivity index (χ3n) is 7.48. The maximum atomic E-state index is 13.7. The summed E-state index contributed by atoms with van der Waals surface area (Å²) in [6, 6.07) is 24.7. The lowest BCUT2D eigenvalue weighted by Gasteiger charge is -2.21. The van der Waals surface area contributed by atoms with E-state index >= 15 is 0 Å². The fourth-order valence-electron chi connectivity index (χ4n) is 5.99. The molecule has 3 aromatic rings. The number of aryl methyl sites for hydroxylation is 1. The number of nitrogens with zero attached hydrogens (tertiary/aromatic N) is 2. The number of allylic oxidation sites excluding steroid dienone is 3. The first kappa shape index (κ1) is 21.2. The number of amides is 2. The second-order valence-corrected chi connectivity index (χ2v) is 9.29. The van der Waals surface area contributed by atoms with Crippen molar-refractivity contribution in [2.24, 2.45) is 23.7 Å². The van der Waals surface area contributed by atoms with Crippen molar-refractivity contribution in [3.05, 3.63) is 123 Å². The SMILES string of the molecule is Cc1ccc(N2C(=O)[C@@H]3[C@H](C2=O)[C@@H]2C=C[C@@H]3C2=C(c2ccccc2)c2ccccc2)cc1[N+](=O)[O-]. The van der Waals surface area contributed by atoms with Crippen molar-refractivity contribution in [3.8, 4) is 0 Å². The van der Waals surface area contributed by atoms with Gasteiger partial charge in [-0.3, -0.25) is 19.7 Å². The van der Waals surface area contributed by atoms with Crippen LogP contribution in [0.15, 0.2) is 96.6 Å². The Morgan fingerprint density at radius 3 is 1.80 bits per heavy atom. The predicted molar refractivity (Wildman–Crippen MR) is 132 cm³/mol. The highest BCUT2D eigenvalue weighted by atomic mass is 16.6. The topological polar surface area (TPSA) is 80.5 Å². The zero-order valence-electron chi connectivity index (χ0n) is 19.0. The molecule has 1 heterocycles. The Kier molecular flexibility index (Phi) is 4.78. The molecule has 1 saturated carbocycles. The zero-order valence-corrected chi connectivity index (χ0v) is 19.0. The van der Waals surface area contributed by atoms with Gasteiger partial charge in [0.1, 0.15) is 0 Å². The first-order valence-corrected chi connectivity index (χ1v) is 11.6. The summed E-state index contributed by atoms with van der Waals surface area (Å²) in [5, 5.41) is 11.5. The molecule has 3 aliphatic rings. The van der Waals surface area contributed by atoms with E-state index in [1.165, 1.54) is 6.07 Å². The number of anilines is 1. The number of fused-ring (bicyclic) bond motifs is 5. The smallest absolute Gasteiger partial charge is 0.274 e. The van der Waals surface area contributed by atoms with E-state index in [1.54, 1.807) is 19.1 Å². The monoisotopic (exact) mass is 462 g/mol. The summed E-state index contributed by atoms with van der Waals surface area (Å²) in [6.07, 6.45) is 4.11. The molecule has 2 amide bonds. The maximum Gasteiger partial charge on any atom is 0.274 e. The lowest BCUT2D eigenvalue weighted by molar-refractivity contribution is -0.385. The summed E-state index contributed by atoms with van der Waals surface area (Å²) in [5.74, 6) is -1.96. The molecule has 0 spiro atoms. The van der Waals surface area contributed by atoms with Crippen molar-refractivity contribution in [3.63, 3.8) is 0 Å². The van der Waals surface area contributed by atoms with Crippen LogP contribution in [0, 0.1) is 40.7 Å². The van der Waals surface area contributed by atoms with Crippen molar-refractivity contribution >= 4 is 28.8 Å². The summed E-state index contributed by atoms with van der Waals surface area (Å²) in [5.41, 5.74) is 4.93. The number of hydrogen-bond donors (Lipinski definition) is 0. The number of nitro benzene ring substituents is 1. The minimum absolute atomic E-state index is 0.0997. The Bertz CT molecular complexity index is 1370. The number of carbonyl (C=O) groups excluding carboxylic acids is 2. The van der Waals surface area contributed by atoms with Gasteiger partial charge in [0, 0.05) is 23.5 Å². The van der Waals surface area contributed by atoms with Crippen LogP contribution in [0.1, 0.15) is 16.7 Å². The standard InChI is InChI=1S/C29H22N2O4/c1-17-12-13-20(16-23(17)31(34)35)30-28(32)26-21-14-15-22(27(26)29(30)33)25(21)24(18-8-4-2-5-9-18)19-10-6-3-7-11-19/h2-16,21-22,26-27H,1H3/t21-,22-,26-,27+/m1/s1. The van der Waals surface area contributed by atoms with Crippen LogP contribution in [-0.4, -0.2) is 16.7 Å². The Balaban J connectivity index is 1.46. The van der Waals surface area contributed by atoms with Crippen LogP contribution in [-0.2, 0) is 9.59 Å². The first-order chi connectivity index (χ1) is 17.0. The molecule has 1 saturated heterocycles. The largest absolute Gasteiger partial charge is 0.274 e. The van der Waals surface area contributed by atoms with Crippen LogP contribution in [0.2, 0.25) is 0 Å². The van der Waals surface area contributed by atoms with Gasteiger partial charge in [0.2, 0.25) is 11.8 Å². The fraction of sp³-hybridized carbons (Fsp3) is 0.172. The highest BCUT2D eigenvalue weighted by Gasteiger charge is 2.62. The first-order valence-electron chi connectivity index (χ1n) is 11.6. The van der Waals surface area contributed by atoms with Gasteiger partial charge >= 0.3 is 0 Å². The summed E-state index contributed by atoms with van der Waals surface area (Å²) >= 11 is 0. The van der Waals surface area contributed by atoms with Crippen molar-refractivity contribution < 1.29 is 14.5 Å². The van der Waals surface area contributed by atoms with Crippen LogP contribution >= 0.6 is 0 Å². The van der Waals surface area contributed by atoms with E-state index in [9.17, 15) is 19.7 Å². The molecule has 2 aliphatic carbocycles. The Hall–Kier alpha value is -4.32. The van der Waals surface area contributed by atoms with Crippen LogP contribution in [0.25, 0.3) is 5.57 Å². The normalized spacial score (nSPS) is 24.3. The molecule has 0 N–H and O–H groups in total. The molecular formula is C29H22N2O4. The second kappa shape index (κ2) is 7.87. The molecule has 6 nitrogen and oxygen atoms in total. The van der Waals surface area contributed by atoms with Crippen molar-refractivity contribution in [1.82, 2.24) is 0 Å². The third-order valence-corrected chi connectivity index (χ3v) is 7.48. The summed E-state index contributed by atoms with van der Waals surface area (Å²) in [7, 11) is 0. The molecule has 172 valence electrons. The number of rotatable bonds is 4. The molecule has 2 fully saturated rings. The highest BCUT2D eigenvalue weighted by Crippen LogP contribution is 2.59. The summed E-state index contributed by atoms with van der Waals surface area (Å²) < 4.78 is 0. The van der Waals surface area contributed by atoms with Crippen LogP contribution < -0.4 is 4.90 Å². The molecule has 6 heteroatoms. The quantitative estimate of drug-likeness (QED) is 0.227. The van der Waals surface area contributed by atoms with Crippen molar-refractivity contribution in [1.29, 1.82) is 0 Å². The number of imide groups is 1. The van der Waals surface area contributed by atoms with Gasteiger partial charge in [-0.1, -0.05) is 78.9 Å². The van der Waals surface area contributed by atoms with E-state index in [4.69, 9.17) is 0 Å². The highest BCUT2D eigenvalue weighted by molar-refractivity contribution is 6.23. The van der Waals surface area contributed by atoms with Crippen molar-refractivity contribution in [2.45, 2.75) is 6.92 Å². The number of hydrogen-bond acceptors (Lipinski definition) is 4. The maximum absolute atomic E-state index is 13.7. The van der Waals surface area contributed by atoms with E-state index in [0.29, 0.717) is 5.56 Å². The van der Waals surface area contributed by atoms with E-state index in [2.05, 4.69) is 36.4 Å². The van der Waals surface area contributed by atoms with Gasteiger partial charge in [-0.05, 0) is 35.3 Å². The Morgan fingerprint density at radius 2 is 1.31 bits per heavy atom. The molecule has 1 aliphatic heterocycles. The van der Waals surface area contributed by atoms with Crippen LogP contribution in [0.5, 0.6) is 0 Å². The molecule has 6 rings (SSSR count). The van der Waals surface area contributed by atoms with Gasteiger partial charge in [0.25, 0.3) is 5.69 Å². The Labute approximate surface area is 202 Å². The summed E-state index contributed by atoms with van der Waals surface area (Å²) in [6.45, 7) is 1.64. The van der Waals surface area contributed by atoms with Crippen LogP contribution in [0.3, 0.4) is 0 Å². The average molecular weight is 463 g/mol. The molecule has 3 aromatic carbocycles. The van der Waals surface area contributed by atoms with E-state index in [-0.39, 0.29) is 35.0 Å². The molecule has 0 aromatic heterocycles. The van der Waals surface area contributed by atoms with Gasteiger partial charge in [-0.25, -0.2) is 4.90 Å². The van der Waals surface area contributed by atoms with E-state index < -0.39 is 16.8 Å².